The highest BCUT2D eigenvalue weighted by Gasteiger charge is 2.16. The number of pyridine rings is 1. The summed E-state index contributed by atoms with van der Waals surface area (Å²) in [4.78, 5) is 15.8. The topological polar surface area (TPSA) is 77.2 Å². The van der Waals surface area contributed by atoms with Crippen LogP contribution in [0.25, 0.3) is 0 Å². The highest BCUT2D eigenvalue weighted by Crippen LogP contribution is 2.16. The average Bonchev–Trinajstić information content (AvgIpc) is 2.40. The van der Waals surface area contributed by atoms with Crippen LogP contribution in [0.5, 0.6) is 0 Å². The number of amides is 1. The minimum atomic E-state index is -0.205. The molecule has 0 aliphatic carbocycles. The Hall–Kier alpha value is -1.33. The molecule has 0 unspecified atom stereocenters. The number of anilines is 1. The van der Waals surface area contributed by atoms with E-state index >= 15 is 0 Å². The highest BCUT2D eigenvalue weighted by atomic mass is 35.5. The second-order valence-corrected chi connectivity index (χ2v) is 4.75. The molecule has 0 aromatic carbocycles. The second-order valence-electron chi connectivity index (χ2n) is 4.36. The van der Waals surface area contributed by atoms with E-state index in [2.05, 4.69) is 10.3 Å². The molecule has 0 spiro atoms. The van der Waals surface area contributed by atoms with Crippen LogP contribution in [0.3, 0.4) is 0 Å². The van der Waals surface area contributed by atoms with E-state index in [0.29, 0.717) is 23.7 Å². The van der Waals surface area contributed by atoms with E-state index in [0.717, 1.165) is 26.1 Å². The maximum atomic E-state index is 12.0. The van der Waals surface area contributed by atoms with Gasteiger partial charge in [0.05, 0.1) is 17.4 Å². The van der Waals surface area contributed by atoms with Crippen LogP contribution in [0, 0.1) is 5.92 Å². The molecule has 1 aromatic heterocycles. The normalized spacial score (nSPS) is 16.5. The molecule has 2 heterocycles. The Kier molecular flexibility index (Phi) is 4.38. The summed E-state index contributed by atoms with van der Waals surface area (Å²) in [5.41, 5.74) is 6.41. The van der Waals surface area contributed by atoms with Crippen molar-refractivity contribution in [3.05, 3.63) is 23.0 Å². The molecule has 0 bridgehead atoms. The first-order chi connectivity index (χ1) is 8.66. The number of nitrogens with zero attached hydrogens (tertiary/aromatic N) is 1. The maximum Gasteiger partial charge on any atom is 0.253 e. The van der Waals surface area contributed by atoms with Gasteiger partial charge in [0.15, 0.2) is 0 Å². The Balaban J connectivity index is 1.92. The molecule has 1 saturated heterocycles. The average molecular weight is 270 g/mol. The first kappa shape index (κ1) is 13.1. The van der Waals surface area contributed by atoms with E-state index in [-0.39, 0.29) is 11.1 Å². The van der Waals surface area contributed by atoms with Crippen LogP contribution in [0.15, 0.2) is 12.3 Å². The van der Waals surface area contributed by atoms with Gasteiger partial charge in [-0.05, 0) is 24.8 Å². The predicted molar refractivity (Wildman–Crippen MR) is 69.5 cm³/mol. The van der Waals surface area contributed by atoms with Crippen molar-refractivity contribution in [1.82, 2.24) is 10.3 Å². The van der Waals surface area contributed by atoms with Crippen molar-refractivity contribution in [3.8, 4) is 0 Å². The monoisotopic (exact) mass is 269 g/mol. The smallest absolute Gasteiger partial charge is 0.253 e. The molecule has 3 N–H and O–H groups in total. The summed E-state index contributed by atoms with van der Waals surface area (Å²) in [5, 5.41) is 3.14. The lowest BCUT2D eigenvalue weighted by atomic mass is 10.0. The van der Waals surface area contributed by atoms with Crippen molar-refractivity contribution >= 4 is 23.2 Å². The van der Waals surface area contributed by atoms with Gasteiger partial charge in [0.2, 0.25) is 0 Å². The Morgan fingerprint density at radius 1 is 1.56 bits per heavy atom. The van der Waals surface area contributed by atoms with Crippen LogP contribution < -0.4 is 11.1 Å². The highest BCUT2D eigenvalue weighted by molar-refractivity contribution is 6.29. The zero-order valence-electron chi connectivity index (χ0n) is 9.99. The number of rotatable bonds is 3. The zero-order valence-corrected chi connectivity index (χ0v) is 10.7. The van der Waals surface area contributed by atoms with Crippen molar-refractivity contribution in [2.75, 3.05) is 25.5 Å². The van der Waals surface area contributed by atoms with Gasteiger partial charge >= 0.3 is 0 Å². The maximum absolute atomic E-state index is 12.0. The fourth-order valence-corrected chi connectivity index (χ4v) is 2.08. The molecule has 1 aliphatic heterocycles. The Bertz CT molecular complexity index is 433. The lowest BCUT2D eigenvalue weighted by molar-refractivity contribution is 0.0643. The number of nitrogens with one attached hydrogen (secondary N) is 1. The van der Waals surface area contributed by atoms with Crippen LogP contribution in [-0.2, 0) is 4.74 Å². The van der Waals surface area contributed by atoms with Crippen LogP contribution in [0.1, 0.15) is 23.2 Å². The summed E-state index contributed by atoms with van der Waals surface area (Å²) < 4.78 is 5.27. The molecule has 1 amide bonds. The summed E-state index contributed by atoms with van der Waals surface area (Å²) in [6.45, 7) is 2.18. The third-order valence-corrected chi connectivity index (χ3v) is 3.24. The fourth-order valence-electron chi connectivity index (χ4n) is 1.92. The number of nitrogen functional groups attached to an aromatic ring is 1. The van der Waals surface area contributed by atoms with Gasteiger partial charge in [0.25, 0.3) is 5.91 Å². The number of hydrogen-bond donors (Lipinski definition) is 2. The number of nitrogens with two attached hydrogens (primary N) is 1. The first-order valence-corrected chi connectivity index (χ1v) is 6.31. The first-order valence-electron chi connectivity index (χ1n) is 5.94. The van der Waals surface area contributed by atoms with Gasteiger partial charge in [-0.2, -0.15) is 0 Å². The SMILES string of the molecule is Nc1cnc(Cl)cc1C(=O)NCC1CCOCC1. The molecule has 0 saturated carbocycles. The van der Waals surface area contributed by atoms with E-state index in [1.807, 2.05) is 0 Å². The van der Waals surface area contributed by atoms with Gasteiger partial charge < -0.3 is 15.8 Å². The van der Waals surface area contributed by atoms with Gasteiger partial charge in [-0.25, -0.2) is 4.98 Å². The number of ether oxygens (including phenoxy) is 1. The molecule has 1 aromatic rings. The number of aromatic nitrogens is 1. The van der Waals surface area contributed by atoms with E-state index < -0.39 is 0 Å². The number of halogens is 1. The van der Waals surface area contributed by atoms with E-state index in [1.165, 1.54) is 12.3 Å². The molecular formula is C12H16ClN3O2. The molecule has 0 atom stereocenters. The molecule has 1 fully saturated rings. The van der Waals surface area contributed by atoms with Crippen LogP contribution in [0.2, 0.25) is 5.15 Å². The summed E-state index contributed by atoms with van der Waals surface area (Å²) in [5.74, 6) is 0.268. The van der Waals surface area contributed by atoms with Crippen molar-refractivity contribution in [1.29, 1.82) is 0 Å². The second kappa shape index (κ2) is 6.02. The lowest BCUT2D eigenvalue weighted by Crippen LogP contribution is -2.32. The molecule has 2 rings (SSSR count). The van der Waals surface area contributed by atoms with Gasteiger partial charge in [-0.1, -0.05) is 11.6 Å². The summed E-state index contributed by atoms with van der Waals surface area (Å²) >= 11 is 5.75. The van der Waals surface area contributed by atoms with Gasteiger partial charge in [0, 0.05) is 19.8 Å². The molecule has 18 heavy (non-hydrogen) atoms. The third-order valence-electron chi connectivity index (χ3n) is 3.04. The molecule has 5 nitrogen and oxygen atoms in total. The van der Waals surface area contributed by atoms with E-state index in [4.69, 9.17) is 22.1 Å². The summed E-state index contributed by atoms with van der Waals surface area (Å²) in [6.07, 6.45) is 3.35. The minimum Gasteiger partial charge on any atom is -0.397 e. The predicted octanol–water partition coefficient (Wildman–Crippen LogP) is 1.47. The molecule has 98 valence electrons. The molecule has 1 aliphatic rings. The largest absolute Gasteiger partial charge is 0.397 e. The third kappa shape index (κ3) is 3.34. The molecule has 6 heteroatoms. The molecular weight excluding hydrogens is 254 g/mol. The van der Waals surface area contributed by atoms with E-state index in [9.17, 15) is 4.79 Å². The molecule has 0 radical (unpaired) electrons. The van der Waals surface area contributed by atoms with Crippen molar-refractivity contribution in [2.24, 2.45) is 5.92 Å². The van der Waals surface area contributed by atoms with Gasteiger partial charge in [-0.15, -0.1) is 0 Å². The lowest BCUT2D eigenvalue weighted by Gasteiger charge is -2.22. The van der Waals surface area contributed by atoms with E-state index in [1.54, 1.807) is 0 Å². The van der Waals surface area contributed by atoms with Crippen LogP contribution >= 0.6 is 11.6 Å². The van der Waals surface area contributed by atoms with Crippen LogP contribution in [0.4, 0.5) is 5.69 Å². The standard InChI is InChI=1S/C12H16ClN3O2/c13-11-5-9(10(14)7-15-11)12(17)16-6-8-1-3-18-4-2-8/h5,7-8H,1-4,6,14H2,(H,16,17). The number of hydrogen-bond acceptors (Lipinski definition) is 4. The number of carbonyl (C=O) groups excluding carboxylic acids is 1. The van der Waals surface area contributed by atoms with Gasteiger partial charge in [-0.3, -0.25) is 4.79 Å². The Morgan fingerprint density at radius 2 is 2.28 bits per heavy atom. The van der Waals surface area contributed by atoms with Crippen molar-refractivity contribution < 1.29 is 9.53 Å². The fraction of sp³-hybridized carbons (Fsp3) is 0.500. The van der Waals surface area contributed by atoms with Crippen LogP contribution in [-0.4, -0.2) is 30.6 Å². The van der Waals surface area contributed by atoms with Gasteiger partial charge in [0.1, 0.15) is 5.15 Å². The summed E-state index contributed by atoms with van der Waals surface area (Å²) in [7, 11) is 0. The quantitative estimate of drug-likeness (QED) is 0.815. The zero-order chi connectivity index (χ0) is 13.0. The van der Waals surface area contributed by atoms with Crippen molar-refractivity contribution in [2.45, 2.75) is 12.8 Å². The number of carbonyl (C=O) groups is 1. The summed E-state index contributed by atoms with van der Waals surface area (Å²) in [6, 6.07) is 1.48. The Morgan fingerprint density at radius 3 is 3.00 bits per heavy atom. The Labute approximate surface area is 111 Å². The van der Waals surface area contributed by atoms with Crippen molar-refractivity contribution in [3.63, 3.8) is 0 Å². The minimum absolute atomic E-state index is 0.205.